The molecular formula is C13H17NO5. The molecule has 0 aliphatic rings. The molecule has 6 heteroatoms. The fourth-order valence-corrected chi connectivity index (χ4v) is 1.68. The molecule has 19 heavy (non-hydrogen) atoms. The van der Waals surface area contributed by atoms with Gasteiger partial charge in [0.2, 0.25) is 0 Å². The first-order valence-corrected chi connectivity index (χ1v) is 5.69. The maximum absolute atomic E-state index is 11.6. The van der Waals surface area contributed by atoms with Crippen molar-refractivity contribution in [3.05, 3.63) is 23.5 Å². The number of aryl methyl sites for hydroxylation is 1. The fraction of sp³-hybridized carbons (Fsp3) is 0.462. The number of hydrogen-bond acceptors (Lipinski definition) is 6. The molecule has 0 aliphatic carbocycles. The van der Waals surface area contributed by atoms with Gasteiger partial charge < -0.3 is 14.2 Å². The third kappa shape index (κ3) is 3.94. The van der Waals surface area contributed by atoms with E-state index in [2.05, 4.69) is 14.5 Å². The van der Waals surface area contributed by atoms with Gasteiger partial charge in [-0.05, 0) is 6.92 Å². The number of ether oxygens (including phenoxy) is 3. The standard InChI is InChI=1S/C13H17NO5/c1-8-5-10(17-2)6-9(14-8)7-11(12(15)18-3)13(16)19-4/h5-6,11H,7H2,1-4H3. The fourth-order valence-electron chi connectivity index (χ4n) is 1.68. The Kier molecular flexibility index (Phi) is 5.29. The molecule has 0 aliphatic heterocycles. The Hall–Kier alpha value is -2.11. The summed E-state index contributed by atoms with van der Waals surface area (Å²) in [6, 6.07) is 3.43. The predicted molar refractivity (Wildman–Crippen MR) is 66.8 cm³/mol. The topological polar surface area (TPSA) is 74.7 Å². The van der Waals surface area contributed by atoms with Crippen LogP contribution in [0, 0.1) is 12.8 Å². The Morgan fingerprint density at radius 1 is 1.16 bits per heavy atom. The second kappa shape index (κ2) is 6.72. The molecule has 0 radical (unpaired) electrons. The van der Waals surface area contributed by atoms with E-state index in [1.807, 2.05) is 0 Å². The summed E-state index contributed by atoms with van der Waals surface area (Å²) in [5, 5.41) is 0. The largest absolute Gasteiger partial charge is 0.497 e. The van der Waals surface area contributed by atoms with Crippen LogP contribution in [0.5, 0.6) is 5.75 Å². The summed E-state index contributed by atoms with van der Waals surface area (Å²) in [6.45, 7) is 1.80. The molecule has 0 spiro atoms. The second-order valence-corrected chi connectivity index (χ2v) is 3.94. The normalized spacial score (nSPS) is 10.2. The average molecular weight is 267 g/mol. The SMILES string of the molecule is COC(=O)C(Cc1cc(OC)cc(C)n1)C(=O)OC. The Balaban J connectivity index is 2.99. The van der Waals surface area contributed by atoms with Gasteiger partial charge in [-0.1, -0.05) is 0 Å². The van der Waals surface area contributed by atoms with Crippen molar-refractivity contribution in [3.63, 3.8) is 0 Å². The Morgan fingerprint density at radius 3 is 2.21 bits per heavy atom. The number of methoxy groups -OCH3 is 3. The zero-order valence-electron chi connectivity index (χ0n) is 11.4. The second-order valence-electron chi connectivity index (χ2n) is 3.94. The third-order valence-electron chi connectivity index (χ3n) is 2.60. The van der Waals surface area contributed by atoms with Gasteiger partial charge in [0, 0.05) is 29.9 Å². The van der Waals surface area contributed by atoms with Gasteiger partial charge in [0.1, 0.15) is 5.75 Å². The van der Waals surface area contributed by atoms with Crippen LogP contribution in [0.25, 0.3) is 0 Å². The van der Waals surface area contributed by atoms with Crippen LogP contribution < -0.4 is 4.74 Å². The maximum atomic E-state index is 11.6. The minimum atomic E-state index is -1.02. The minimum Gasteiger partial charge on any atom is -0.497 e. The van der Waals surface area contributed by atoms with Crippen LogP contribution in [0.15, 0.2) is 12.1 Å². The molecule has 0 saturated carbocycles. The van der Waals surface area contributed by atoms with E-state index in [1.165, 1.54) is 21.3 Å². The first-order chi connectivity index (χ1) is 9.01. The summed E-state index contributed by atoms with van der Waals surface area (Å²) < 4.78 is 14.3. The number of carbonyl (C=O) groups is 2. The average Bonchev–Trinajstić information content (AvgIpc) is 2.42. The summed E-state index contributed by atoms with van der Waals surface area (Å²) in [7, 11) is 3.99. The van der Waals surface area contributed by atoms with Gasteiger partial charge >= 0.3 is 11.9 Å². The van der Waals surface area contributed by atoms with Gasteiger partial charge in [-0.3, -0.25) is 14.6 Å². The molecule has 0 bridgehead atoms. The van der Waals surface area contributed by atoms with Crippen molar-refractivity contribution in [1.29, 1.82) is 0 Å². The van der Waals surface area contributed by atoms with Gasteiger partial charge in [-0.25, -0.2) is 0 Å². The molecule has 104 valence electrons. The van der Waals surface area contributed by atoms with Crippen molar-refractivity contribution < 1.29 is 23.8 Å². The molecule has 0 fully saturated rings. The van der Waals surface area contributed by atoms with E-state index in [1.54, 1.807) is 19.1 Å². The number of nitrogens with zero attached hydrogens (tertiary/aromatic N) is 1. The summed E-state index contributed by atoms with van der Waals surface area (Å²) in [4.78, 5) is 27.4. The van der Waals surface area contributed by atoms with E-state index in [4.69, 9.17) is 4.74 Å². The molecule has 1 aromatic heterocycles. The lowest BCUT2D eigenvalue weighted by atomic mass is 10.0. The van der Waals surface area contributed by atoms with E-state index < -0.39 is 17.9 Å². The van der Waals surface area contributed by atoms with Crippen LogP contribution in [-0.2, 0) is 25.5 Å². The van der Waals surface area contributed by atoms with Crippen molar-refractivity contribution in [2.24, 2.45) is 5.92 Å². The first-order valence-electron chi connectivity index (χ1n) is 5.69. The van der Waals surface area contributed by atoms with Crippen molar-refractivity contribution in [1.82, 2.24) is 4.98 Å². The Morgan fingerprint density at radius 2 is 1.74 bits per heavy atom. The van der Waals surface area contributed by atoms with Crippen molar-refractivity contribution in [2.75, 3.05) is 21.3 Å². The number of carbonyl (C=O) groups excluding carboxylic acids is 2. The molecule has 1 aromatic rings. The van der Waals surface area contributed by atoms with Crippen LogP contribution in [0.3, 0.4) is 0 Å². The van der Waals surface area contributed by atoms with Gasteiger partial charge in [-0.15, -0.1) is 0 Å². The quantitative estimate of drug-likeness (QED) is 0.583. The Labute approximate surface area is 111 Å². The molecule has 0 N–H and O–H groups in total. The molecule has 0 aromatic carbocycles. The van der Waals surface area contributed by atoms with Gasteiger partial charge in [0.25, 0.3) is 0 Å². The third-order valence-corrected chi connectivity index (χ3v) is 2.60. The van der Waals surface area contributed by atoms with Crippen LogP contribution in [0.4, 0.5) is 0 Å². The van der Waals surface area contributed by atoms with E-state index in [9.17, 15) is 9.59 Å². The molecular weight excluding hydrogens is 250 g/mol. The van der Waals surface area contributed by atoms with Crippen molar-refractivity contribution in [3.8, 4) is 5.75 Å². The van der Waals surface area contributed by atoms with Crippen LogP contribution in [0.2, 0.25) is 0 Å². The molecule has 6 nitrogen and oxygen atoms in total. The van der Waals surface area contributed by atoms with Gasteiger partial charge in [0.15, 0.2) is 5.92 Å². The van der Waals surface area contributed by atoms with E-state index in [0.717, 1.165) is 5.69 Å². The lowest BCUT2D eigenvalue weighted by molar-refractivity contribution is -0.158. The lowest BCUT2D eigenvalue weighted by Crippen LogP contribution is -2.28. The number of esters is 2. The van der Waals surface area contributed by atoms with Crippen LogP contribution in [0.1, 0.15) is 11.4 Å². The highest BCUT2D eigenvalue weighted by atomic mass is 16.5. The maximum Gasteiger partial charge on any atom is 0.320 e. The molecule has 0 atom stereocenters. The van der Waals surface area contributed by atoms with E-state index in [-0.39, 0.29) is 6.42 Å². The number of pyridine rings is 1. The molecule has 0 saturated heterocycles. The zero-order valence-corrected chi connectivity index (χ0v) is 11.4. The minimum absolute atomic E-state index is 0.109. The first kappa shape index (κ1) is 14.9. The summed E-state index contributed by atoms with van der Waals surface area (Å²) >= 11 is 0. The van der Waals surface area contributed by atoms with E-state index >= 15 is 0 Å². The number of rotatable bonds is 5. The highest BCUT2D eigenvalue weighted by molar-refractivity contribution is 5.95. The predicted octanol–water partition coefficient (Wildman–Crippen LogP) is 0.903. The van der Waals surface area contributed by atoms with E-state index in [0.29, 0.717) is 11.4 Å². The molecule has 1 rings (SSSR count). The van der Waals surface area contributed by atoms with Gasteiger partial charge in [-0.2, -0.15) is 0 Å². The Bertz CT molecular complexity index is 456. The molecule has 0 unspecified atom stereocenters. The molecule has 0 amide bonds. The highest BCUT2D eigenvalue weighted by Gasteiger charge is 2.29. The monoisotopic (exact) mass is 267 g/mol. The summed E-state index contributed by atoms with van der Waals surface area (Å²) in [5.41, 5.74) is 1.31. The molecule has 1 heterocycles. The summed E-state index contributed by atoms with van der Waals surface area (Å²) in [6.07, 6.45) is 0.109. The van der Waals surface area contributed by atoms with Crippen molar-refractivity contribution >= 4 is 11.9 Å². The number of hydrogen-bond donors (Lipinski definition) is 0. The summed E-state index contributed by atoms with van der Waals surface area (Å²) in [5.74, 6) is -1.69. The zero-order chi connectivity index (χ0) is 14.4. The van der Waals surface area contributed by atoms with Crippen LogP contribution >= 0.6 is 0 Å². The van der Waals surface area contributed by atoms with Crippen molar-refractivity contribution in [2.45, 2.75) is 13.3 Å². The number of aromatic nitrogens is 1. The lowest BCUT2D eigenvalue weighted by Gasteiger charge is -2.13. The smallest absolute Gasteiger partial charge is 0.320 e. The van der Waals surface area contributed by atoms with Crippen LogP contribution in [-0.4, -0.2) is 38.3 Å². The highest BCUT2D eigenvalue weighted by Crippen LogP contribution is 2.17. The van der Waals surface area contributed by atoms with Gasteiger partial charge in [0.05, 0.1) is 21.3 Å².